The van der Waals surface area contributed by atoms with Crippen LogP contribution in [-0.4, -0.2) is 24.1 Å². The highest BCUT2D eigenvalue weighted by molar-refractivity contribution is 6.70. The second-order valence-corrected chi connectivity index (χ2v) is 10.7. The zero-order valence-corrected chi connectivity index (χ0v) is 14.6. The average molecular weight is 301 g/mol. The molecule has 0 spiro atoms. The highest BCUT2D eigenvalue weighted by Crippen LogP contribution is 2.30. The molecular formula is C16H23N3OSi. The van der Waals surface area contributed by atoms with E-state index in [-0.39, 0.29) is 0 Å². The van der Waals surface area contributed by atoms with E-state index in [2.05, 4.69) is 42.6 Å². The fourth-order valence-corrected chi connectivity index (χ4v) is 2.75. The zero-order chi connectivity index (χ0) is 15.6. The Kier molecular flexibility index (Phi) is 4.32. The lowest BCUT2D eigenvalue weighted by Crippen LogP contribution is -2.29. The standard InChI is InChI=1S/C16H23N3OSi/c1-12-7-8-15(16(9-12)20-21(4,5)6)17-10-14-11-19(3)13(2)18-14/h7-11H,1-6H3/b17-10+. The van der Waals surface area contributed by atoms with Gasteiger partial charge in [0.25, 0.3) is 0 Å². The van der Waals surface area contributed by atoms with Crippen LogP contribution < -0.4 is 4.43 Å². The van der Waals surface area contributed by atoms with Crippen LogP contribution >= 0.6 is 0 Å². The Morgan fingerprint density at radius 3 is 2.52 bits per heavy atom. The number of rotatable bonds is 4. The van der Waals surface area contributed by atoms with E-state index in [1.165, 1.54) is 5.56 Å². The maximum Gasteiger partial charge on any atom is 0.242 e. The van der Waals surface area contributed by atoms with E-state index >= 15 is 0 Å². The summed E-state index contributed by atoms with van der Waals surface area (Å²) in [7, 11) is 0.318. The van der Waals surface area contributed by atoms with E-state index in [1.54, 1.807) is 6.21 Å². The molecule has 5 heteroatoms. The van der Waals surface area contributed by atoms with E-state index in [0.717, 1.165) is 23.0 Å². The number of benzene rings is 1. The summed E-state index contributed by atoms with van der Waals surface area (Å²) in [5.74, 6) is 1.83. The molecule has 0 saturated carbocycles. The minimum Gasteiger partial charge on any atom is -0.543 e. The number of imidazole rings is 1. The molecule has 21 heavy (non-hydrogen) atoms. The second-order valence-electron chi connectivity index (χ2n) is 6.27. The maximum atomic E-state index is 6.13. The van der Waals surface area contributed by atoms with E-state index in [0.29, 0.717) is 0 Å². The van der Waals surface area contributed by atoms with Crippen molar-refractivity contribution < 1.29 is 4.43 Å². The Morgan fingerprint density at radius 2 is 1.95 bits per heavy atom. The van der Waals surface area contributed by atoms with Crippen LogP contribution in [0.4, 0.5) is 5.69 Å². The first-order valence-corrected chi connectivity index (χ1v) is 10.5. The molecule has 2 rings (SSSR count). The molecule has 0 N–H and O–H groups in total. The summed E-state index contributed by atoms with van der Waals surface area (Å²) in [6.45, 7) is 10.6. The molecule has 0 aliphatic carbocycles. The van der Waals surface area contributed by atoms with Crippen LogP contribution in [0.3, 0.4) is 0 Å². The van der Waals surface area contributed by atoms with E-state index in [9.17, 15) is 0 Å². The van der Waals surface area contributed by atoms with Gasteiger partial charge < -0.3 is 8.99 Å². The van der Waals surface area contributed by atoms with Crippen LogP contribution in [0.1, 0.15) is 17.1 Å². The lowest BCUT2D eigenvalue weighted by atomic mass is 10.2. The van der Waals surface area contributed by atoms with Crippen LogP contribution in [0.25, 0.3) is 0 Å². The number of nitrogens with zero attached hydrogens (tertiary/aromatic N) is 3. The molecule has 1 aromatic carbocycles. The van der Waals surface area contributed by atoms with Gasteiger partial charge in [-0.25, -0.2) is 4.98 Å². The quantitative estimate of drug-likeness (QED) is 0.632. The third kappa shape index (κ3) is 4.29. The normalized spacial score (nSPS) is 12.1. The summed E-state index contributed by atoms with van der Waals surface area (Å²) in [6, 6.07) is 6.10. The summed E-state index contributed by atoms with van der Waals surface area (Å²) >= 11 is 0. The molecule has 0 radical (unpaired) electrons. The third-order valence-electron chi connectivity index (χ3n) is 2.99. The van der Waals surface area contributed by atoms with Crippen molar-refractivity contribution >= 4 is 20.2 Å². The van der Waals surface area contributed by atoms with Gasteiger partial charge in [0, 0.05) is 13.2 Å². The van der Waals surface area contributed by atoms with E-state index in [1.807, 2.05) is 36.9 Å². The summed E-state index contributed by atoms with van der Waals surface area (Å²) < 4.78 is 8.11. The van der Waals surface area contributed by atoms with Gasteiger partial charge in [-0.3, -0.25) is 4.99 Å². The predicted molar refractivity (Wildman–Crippen MR) is 90.4 cm³/mol. The maximum absolute atomic E-state index is 6.13. The van der Waals surface area contributed by atoms with Gasteiger partial charge in [0.15, 0.2) is 0 Å². The Balaban J connectivity index is 2.30. The fraction of sp³-hybridized carbons (Fsp3) is 0.375. The second kappa shape index (κ2) is 5.85. The van der Waals surface area contributed by atoms with Crippen LogP contribution in [-0.2, 0) is 7.05 Å². The van der Waals surface area contributed by atoms with E-state index < -0.39 is 8.32 Å². The number of aromatic nitrogens is 2. The SMILES string of the molecule is Cc1ccc(/N=C/c2cn(C)c(C)n2)c(O[Si](C)(C)C)c1. The zero-order valence-electron chi connectivity index (χ0n) is 13.6. The van der Waals surface area contributed by atoms with Crippen LogP contribution in [0.5, 0.6) is 5.75 Å². The minimum atomic E-state index is -1.66. The Labute approximate surface area is 127 Å². The molecular weight excluding hydrogens is 278 g/mol. The van der Waals surface area contributed by atoms with Gasteiger partial charge >= 0.3 is 0 Å². The number of aliphatic imine (C=N–C) groups is 1. The van der Waals surface area contributed by atoms with Crippen molar-refractivity contribution in [1.29, 1.82) is 0 Å². The average Bonchev–Trinajstić information content (AvgIpc) is 2.66. The monoisotopic (exact) mass is 301 g/mol. The van der Waals surface area contributed by atoms with Crippen LogP contribution in [0.2, 0.25) is 19.6 Å². The van der Waals surface area contributed by atoms with Crippen molar-refractivity contribution in [3.05, 3.63) is 41.5 Å². The summed E-state index contributed by atoms with van der Waals surface area (Å²) in [5, 5.41) is 0. The van der Waals surface area contributed by atoms with E-state index in [4.69, 9.17) is 4.43 Å². The van der Waals surface area contributed by atoms with Gasteiger partial charge in [0.1, 0.15) is 17.3 Å². The third-order valence-corrected chi connectivity index (χ3v) is 3.83. The lowest BCUT2D eigenvalue weighted by molar-refractivity contribution is 0.558. The first-order chi connectivity index (χ1) is 9.74. The molecule has 2 aromatic rings. The van der Waals surface area contributed by atoms with Crippen LogP contribution in [0.15, 0.2) is 29.4 Å². The molecule has 0 bridgehead atoms. The molecule has 1 aromatic heterocycles. The van der Waals surface area contributed by atoms with Crippen molar-refractivity contribution in [2.75, 3.05) is 0 Å². The highest BCUT2D eigenvalue weighted by Gasteiger charge is 2.18. The van der Waals surface area contributed by atoms with Gasteiger partial charge in [-0.15, -0.1) is 0 Å². The minimum absolute atomic E-state index is 0.853. The van der Waals surface area contributed by atoms with Crippen molar-refractivity contribution in [3.63, 3.8) is 0 Å². The molecule has 0 unspecified atom stereocenters. The molecule has 0 aliphatic heterocycles. The van der Waals surface area contributed by atoms with Gasteiger partial charge in [-0.05, 0) is 51.2 Å². The molecule has 1 heterocycles. The fourth-order valence-electron chi connectivity index (χ4n) is 1.92. The molecule has 0 amide bonds. The summed E-state index contributed by atoms with van der Waals surface area (Å²) in [6.07, 6.45) is 3.75. The molecule has 4 nitrogen and oxygen atoms in total. The van der Waals surface area contributed by atoms with Gasteiger partial charge in [0.2, 0.25) is 8.32 Å². The Hall–Kier alpha value is -1.88. The summed E-state index contributed by atoms with van der Waals surface area (Å²) in [5.41, 5.74) is 2.89. The molecule has 0 saturated heterocycles. The van der Waals surface area contributed by atoms with Crippen molar-refractivity contribution in [2.45, 2.75) is 33.5 Å². The Bertz CT molecular complexity index is 649. The van der Waals surface area contributed by atoms with Crippen molar-refractivity contribution in [2.24, 2.45) is 12.0 Å². The van der Waals surface area contributed by atoms with Gasteiger partial charge in [0.05, 0.1) is 11.9 Å². The number of hydrogen-bond donors (Lipinski definition) is 0. The van der Waals surface area contributed by atoms with Crippen molar-refractivity contribution in [1.82, 2.24) is 9.55 Å². The number of hydrogen-bond acceptors (Lipinski definition) is 3. The highest BCUT2D eigenvalue weighted by atomic mass is 28.4. The topological polar surface area (TPSA) is 39.4 Å². The largest absolute Gasteiger partial charge is 0.543 e. The molecule has 0 fully saturated rings. The molecule has 0 aliphatic rings. The van der Waals surface area contributed by atoms with Crippen LogP contribution in [0, 0.1) is 13.8 Å². The van der Waals surface area contributed by atoms with Crippen molar-refractivity contribution in [3.8, 4) is 5.75 Å². The molecule has 112 valence electrons. The first kappa shape index (κ1) is 15.5. The molecule has 0 atom stereocenters. The smallest absolute Gasteiger partial charge is 0.242 e. The summed E-state index contributed by atoms with van der Waals surface area (Å²) in [4.78, 5) is 8.98. The van der Waals surface area contributed by atoms with Gasteiger partial charge in [-0.1, -0.05) is 6.07 Å². The first-order valence-electron chi connectivity index (χ1n) is 7.08. The Morgan fingerprint density at radius 1 is 1.24 bits per heavy atom. The van der Waals surface area contributed by atoms with Gasteiger partial charge in [-0.2, -0.15) is 0 Å². The predicted octanol–water partition coefficient (Wildman–Crippen LogP) is 4.00. The number of aryl methyl sites for hydroxylation is 3. The lowest BCUT2D eigenvalue weighted by Gasteiger charge is -2.20.